The number of ether oxygens (including phenoxy) is 7. The van der Waals surface area contributed by atoms with Gasteiger partial charge < -0.3 is 48.7 Å². The van der Waals surface area contributed by atoms with Gasteiger partial charge in [-0.15, -0.1) is 0 Å². The second kappa shape index (κ2) is 30.1. The van der Waals surface area contributed by atoms with Gasteiger partial charge in [-0.25, -0.2) is 0 Å². The predicted octanol–water partition coefficient (Wildman–Crippen LogP) is 0.741. The van der Waals surface area contributed by atoms with Crippen LogP contribution in [0, 0.1) is 0 Å². The SMILES string of the molecule is CNC(=O)COCCCOCCOCN(C)C(=O)COCCCCCOCCNC(=O)CCOCCCCOC. The minimum absolute atomic E-state index is 0.0153. The molecule has 0 atom stereocenters. The summed E-state index contributed by atoms with van der Waals surface area (Å²) < 4.78 is 37.4. The second-order valence-corrected chi connectivity index (χ2v) is 8.96. The van der Waals surface area contributed by atoms with Crippen molar-refractivity contribution < 1.29 is 47.5 Å². The number of carbonyl (C=O) groups excluding carboxylic acids is 3. The summed E-state index contributed by atoms with van der Waals surface area (Å²) in [5.41, 5.74) is 0. The molecule has 236 valence electrons. The fraction of sp³-hybridized carbons (Fsp3) is 0.889. The van der Waals surface area contributed by atoms with Gasteiger partial charge in [-0.3, -0.25) is 14.4 Å². The van der Waals surface area contributed by atoms with Crippen LogP contribution in [0.4, 0.5) is 0 Å². The third kappa shape index (κ3) is 27.7. The maximum absolute atomic E-state index is 12.1. The summed E-state index contributed by atoms with van der Waals surface area (Å²) in [6, 6.07) is 0. The van der Waals surface area contributed by atoms with E-state index in [0.717, 1.165) is 38.7 Å². The van der Waals surface area contributed by atoms with Crippen LogP contribution >= 0.6 is 0 Å². The van der Waals surface area contributed by atoms with Gasteiger partial charge in [-0.1, -0.05) is 0 Å². The molecule has 0 heterocycles. The summed E-state index contributed by atoms with van der Waals surface area (Å²) in [5, 5.41) is 5.30. The Morgan fingerprint density at radius 3 is 1.93 bits per heavy atom. The maximum atomic E-state index is 12.1. The molecule has 3 amide bonds. The molecule has 0 bridgehead atoms. The highest BCUT2D eigenvalue weighted by Gasteiger charge is 2.08. The lowest BCUT2D eigenvalue weighted by Gasteiger charge is -2.17. The van der Waals surface area contributed by atoms with E-state index in [1.807, 2.05) is 0 Å². The number of amides is 3. The van der Waals surface area contributed by atoms with E-state index in [2.05, 4.69) is 10.6 Å². The highest BCUT2D eigenvalue weighted by Crippen LogP contribution is 1.98. The third-order valence-electron chi connectivity index (χ3n) is 5.40. The van der Waals surface area contributed by atoms with Gasteiger partial charge >= 0.3 is 0 Å². The number of hydrogen-bond acceptors (Lipinski definition) is 10. The van der Waals surface area contributed by atoms with Crippen molar-refractivity contribution in [3.8, 4) is 0 Å². The Kier molecular flexibility index (Phi) is 28.7. The fourth-order valence-corrected chi connectivity index (χ4v) is 3.02. The van der Waals surface area contributed by atoms with Crippen molar-refractivity contribution in [1.82, 2.24) is 15.5 Å². The zero-order chi connectivity index (χ0) is 29.5. The van der Waals surface area contributed by atoms with Crippen LogP contribution in [0.15, 0.2) is 0 Å². The zero-order valence-corrected chi connectivity index (χ0v) is 24.9. The molecule has 2 N–H and O–H groups in total. The Labute approximate surface area is 239 Å². The van der Waals surface area contributed by atoms with Crippen LogP contribution < -0.4 is 10.6 Å². The summed E-state index contributed by atoms with van der Waals surface area (Å²) in [6.07, 6.45) is 5.59. The molecule has 0 saturated heterocycles. The largest absolute Gasteiger partial charge is 0.385 e. The zero-order valence-electron chi connectivity index (χ0n) is 24.9. The molecule has 0 aliphatic carbocycles. The van der Waals surface area contributed by atoms with Gasteiger partial charge in [0.05, 0.1) is 26.4 Å². The van der Waals surface area contributed by atoms with Gasteiger partial charge in [-0.2, -0.15) is 0 Å². The van der Waals surface area contributed by atoms with Crippen molar-refractivity contribution in [1.29, 1.82) is 0 Å². The molecule has 0 aromatic heterocycles. The molecule has 0 rings (SSSR count). The number of hydrogen-bond donors (Lipinski definition) is 2. The number of carbonyl (C=O) groups is 3. The van der Waals surface area contributed by atoms with Gasteiger partial charge in [0.25, 0.3) is 0 Å². The average Bonchev–Trinajstić information content (AvgIpc) is 2.95. The number of methoxy groups -OCH3 is 1. The van der Waals surface area contributed by atoms with Crippen molar-refractivity contribution in [3.63, 3.8) is 0 Å². The van der Waals surface area contributed by atoms with Gasteiger partial charge in [0.2, 0.25) is 17.7 Å². The van der Waals surface area contributed by atoms with Crippen molar-refractivity contribution in [2.24, 2.45) is 0 Å². The Morgan fingerprint density at radius 1 is 0.600 bits per heavy atom. The average molecular weight is 580 g/mol. The quantitative estimate of drug-likeness (QED) is 0.0924. The lowest BCUT2D eigenvalue weighted by Crippen LogP contribution is -2.33. The first-order valence-electron chi connectivity index (χ1n) is 14.2. The topological polar surface area (TPSA) is 143 Å². The summed E-state index contributed by atoms with van der Waals surface area (Å²) >= 11 is 0. The van der Waals surface area contributed by atoms with E-state index in [9.17, 15) is 14.4 Å². The van der Waals surface area contributed by atoms with Crippen LogP contribution in [0.5, 0.6) is 0 Å². The summed E-state index contributed by atoms with van der Waals surface area (Å²) in [4.78, 5) is 36.3. The molecule has 0 unspecified atom stereocenters. The molecule has 13 nitrogen and oxygen atoms in total. The van der Waals surface area contributed by atoms with Crippen LogP contribution in [0.1, 0.15) is 44.9 Å². The van der Waals surface area contributed by atoms with Crippen LogP contribution in [0.3, 0.4) is 0 Å². The van der Waals surface area contributed by atoms with Crippen molar-refractivity contribution >= 4 is 17.7 Å². The van der Waals surface area contributed by atoms with E-state index in [0.29, 0.717) is 78.8 Å². The van der Waals surface area contributed by atoms with Gasteiger partial charge in [0.15, 0.2) is 0 Å². The van der Waals surface area contributed by atoms with E-state index in [1.54, 1.807) is 21.2 Å². The standard InChI is InChI=1S/C27H53N3O10/c1-28-26(32)22-38-17-9-16-37-20-21-40-24-30(2)27(33)23-39-15-6-4-5-13-36-19-11-29-25(31)10-18-35-14-8-7-12-34-3/h4-24H2,1-3H3,(H,28,32)(H,29,31). The van der Waals surface area contributed by atoms with E-state index < -0.39 is 0 Å². The molecular weight excluding hydrogens is 526 g/mol. The molecule has 0 aliphatic rings. The van der Waals surface area contributed by atoms with Gasteiger partial charge in [-0.05, 0) is 38.5 Å². The minimum Gasteiger partial charge on any atom is -0.385 e. The first-order chi connectivity index (χ1) is 19.5. The number of nitrogens with zero attached hydrogens (tertiary/aromatic N) is 1. The molecule has 0 aliphatic heterocycles. The van der Waals surface area contributed by atoms with Crippen LogP contribution in [-0.4, -0.2) is 136 Å². The molecular formula is C27H53N3O10. The van der Waals surface area contributed by atoms with E-state index in [4.69, 9.17) is 33.2 Å². The molecule has 0 fully saturated rings. The molecule has 0 saturated carbocycles. The Balaban J connectivity index is 3.37. The fourth-order valence-electron chi connectivity index (χ4n) is 3.02. The number of likely N-dealkylation sites (N-methyl/N-ethyl adjacent to an activating group) is 2. The van der Waals surface area contributed by atoms with E-state index >= 15 is 0 Å². The summed E-state index contributed by atoms with van der Waals surface area (Å²) in [6.45, 7) is 5.87. The maximum Gasteiger partial charge on any atom is 0.250 e. The lowest BCUT2D eigenvalue weighted by molar-refractivity contribution is -0.140. The number of unbranched alkanes of at least 4 members (excludes halogenated alkanes) is 3. The molecule has 0 aromatic carbocycles. The molecule has 0 aromatic rings. The molecule has 40 heavy (non-hydrogen) atoms. The summed E-state index contributed by atoms with van der Waals surface area (Å²) in [5.74, 6) is -0.334. The first-order valence-corrected chi connectivity index (χ1v) is 14.2. The van der Waals surface area contributed by atoms with Gasteiger partial charge in [0.1, 0.15) is 19.9 Å². The molecule has 13 heteroatoms. The van der Waals surface area contributed by atoms with Crippen LogP contribution in [0.25, 0.3) is 0 Å². The molecule has 0 spiro atoms. The van der Waals surface area contributed by atoms with E-state index in [-0.39, 0.29) is 37.7 Å². The Morgan fingerprint density at radius 2 is 1.18 bits per heavy atom. The minimum atomic E-state index is -0.154. The normalized spacial score (nSPS) is 11.0. The predicted molar refractivity (Wildman–Crippen MR) is 149 cm³/mol. The van der Waals surface area contributed by atoms with Crippen molar-refractivity contribution in [2.75, 3.05) is 114 Å². The third-order valence-corrected chi connectivity index (χ3v) is 5.40. The van der Waals surface area contributed by atoms with Crippen molar-refractivity contribution in [2.45, 2.75) is 44.9 Å². The number of rotatable bonds is 30. The summed E-state index contributed by atoms with van der Waals surface area (Å²) in [7, 11) is 4.90. The highest BCUT2D eigenvalue weighted by atomic mass is 16.5. The lowest BCUT2D eigenvalue weighted by atomic mass is 10.2. The monoisotopic (exact) mass is 579 g/mol. The number of nitrogens with one attached hydrogen (secondary N) is 2. The van der Waals surface area contributed by atoms with Crippen molar-refractivity contribution in [3.05, 3.63) is 0 Å². The smallest absolute Gasteiger partial charge is 0.250 e. The molecule has 0 radical (unpaired) electrons. The van der Waals surface area contributed by atoms with Gasteiger partial charge in [0, 0.05) is 73.8 Å². The van der Waals surface area contributed by atoms with Crippen LogP contribution in [-0.2, 0) is 47.5 Å². The highest BCUT2D eigenvalue weighted by molar-refractivity contribution is 5.77. The first kappa shape index (κ1) is 38.1. The Hall–Kier alpha value is -1.87. The Bertz CT molecular complexity index is 613. The van der Waals surface area contributed by atoms with Crippen LogP contribution in [0.2, 0.25) is 0 Å². The second-order valence-electron chi connectivity index (χ2n) is 8.96. The van der Waals surface area contributed by atoms with E-state index in [1.165, 1.54) is 4.90 Å².